The van der Waals surface area contributed by atoms with E-state index in [4.69, 9.17) is 17.3 Å². The molecule has 0 spiro atoms. The van der Waals surface area contributed by atoms with Crippen molar-refractivity contribution < 1.29 is 0 Å². The first-order valence-corrected chi connectivity index (χ1v) is 5.29. The zero-order chi connectivity index (χ0) is 10.7. The van der Waals surface area contributed by atoms with E-state index in [2.05, 4.69) is 32.4 Å². The van der Waals surface area contributed by atoms with Gasteiger partial charge in [0.15, 0.2) is 5.82 Å². The van der Waals surface area contributed by atoms with Gasteiger partial charge in [-0.25, -0.2) is 0 Å². The van der Waals surface area contributed by atoms with E-state index in [0.29, 0.717) is 17.8 Å². The van der Waals surface area contributed by atoms with E-state index >= 15 is 0 Å². The Morgan fingerprint density at radius 3 is 2.73 bits per heavy atom. The van der Waals surface area contributed by atoms with Gasteiger partial charge < -0.3 is 11.1 Å². The van der Waals surface area contributed by atoms with Gasteiger partial charge in [-0.3, -0.25) is 0 Å². The number of alkyl halides is 1. The third-order valence-corrected chi connectivity index (χ3v) is 2.40. The van der Waals surface area contributed by atoms with Crippen molar-refractivity contribution in [1.82, 2.24) is 15.0 Å². The average Bonchev–Trinajstić information content (AvgIpc) is 2.69. The van der Waals surface area contributed by atoms with E-state index in [9.17, 15) is 0 Å². The number of aromatic nitrogens is 3. The molecule has 5 nitrogen and oxygen atoms in total. The molecule has 1 aliphatic carbocycles. The number of halogens is 1. The third-order valence-electron chi connectivity index (χ3n) is 2.16. The minimum Gasteiger partial charge on any atom is -0.368 e. The Morgan fingerprint density at radius 2 is 2.07 bits per heavy atom. The van der Waals surface area contributed by atoms with E-state index in [0.717, 1.165) is 12.8 Å². The standard InChI is InChI=1S/C9H12ClN5/c10-5-7-13-8(11)15-9(14-7)12-6-3-1-2-4-6/h1-2,6H,3-5H2,(H3,11,12,13,14,15). The fourth-order valence-electron chi connectivity index (χ4n) is 1.48. The maximum Gasteiger partial charge on any atom is 0.228 e. The molecule has 80 valence electrons. The first kappa shape index (κ1) is 10.2. The number of anilines is 2. The quantitative estimate of drug-likeness (QED) is 0.600. The summed E-state index contributed by atoms with van der Waals surface area (Å²) in [5.41, 5.74) is 5.53. The molecule has 0 saturated heterocycles. The zero-order valence-corrected chi connectivity index (χ0v) is 8.91. The highest BCUT2D eigenvalue weighted by Gasteiger charge is 2.12. The summed E-state index contributed by atoms with van der Waals surface area (Å²) < 4.78 is 0. The summed E-state index contributed by atoms with van der Waals surface area (Å²) in [4.78, 5) is 12.0. The van der Waals surface area contributed by atoms with Crippen LogP contribution in [0.4, 0.5) is 11.9 Å². The van der Waals surface area contributed by atoms with Crippen LogP contribution in [-0.2, 0) is 5.88 Å². The van der Waals surface area contributed by atoms with Gasteiger partial charge in [-0.15, -0.1) is 11.6 Å². The molecule has 1 heterocycles. The van der Waals surface area contributed by atoms with Crippen molar-refractivity contribution >= 4 is 23.5 Å². The highest BCUT2D eigenvalue weighted by atomic mass is 35.5. The molecule has 0 amide bonds. The van der Waals surface area contributed by atoms with Gasteiger partial charge in [0.2, 0.25) is 11.9 Å². The van der Waals surface area contributed by atoms with Crippen LogP contribution in [0.5, 0.6) is 0 Å². The Hall–Kier alpha value is -1.36. The smallest absolute Gasteiger partial charge is 0.228 e. The highest BCUT2D eigenvalue weighted by Crippen LogP contribution is 2.14. The summed E-state index contributed by atoms with van der Waals surface area (Å²) in [6, 6.07) is 0.356. The van der Waals surface area contributed by atoms with Crippen LogP contribution in [0, 0.1) is 0 Å². The SMILES string of the molecule is Nc1nc(CCl)nc(NC2CC=CC2)n1. The summed E-state index contributed by atoms with van der Waals surface area (Å²) in [5, 5.41) is 3.19. The Labute approximate surface area is 92.8 Å². The molecule has 0 aromatic carbocycles. The van der Waals surface area contributed by atoms with Crippen LogP contribution in [0.15, 0.2) is 12.2 Å². The van der Waals surface area contributed by atoms with Gasteiger partial charge in [0, 0.05) is 6.04 Å². The van der Waals surface area contributed by atoms with Gasteiger partial charge in [0.05, 0.1) is 5.88 Å². The molecule has 0 radical (unpaired) electrons. The maximum atomic E-state index is 5.64. The second-order valence-electron chi connectivity index (χ2n) is 3.35. The minimum atomic E-state index is 0.203. The van der Waals surface area contributed by atoms with Crippen molar-refractivity contribution in [1.29, 1.82) is 0 Å². The first-order valence-electron chi connectivity index (χ1n) is 4.76. The fraction of sp³-hybridized carbons (Fsp3) is 0.444. The van der Waals surface area contributed by atoms with Crippen LogP contribution in [0.25, 0.3) is 0 Å². The number of nitrogen functional groups attached to an aromatic ring is 1. The summed E-state index contributed by atoms with van der Waals surface area (Å²) in [5.74, 6) is 1.45. The number of nitrogens with one attached hydrogen (secondary N) is 1. The summed E-state index contributed by atoms with van der Waals surface area (Å²) >= 11 is 5.64. The van der Waals surface area contributed by atoms with Crippen molar-refractivity contribution in [3.8, 4) is 0 Å². The van der Waals surface area contributed by atoms with Crippen LogP contribution in [0.1, 0.15) is 18.7 Å². The van der Waals surface area contributed by atoms with Crippen LogP contribution in [0.2, 0.25) is 0 Å². The zero-order valence-electron chi connectivity index (χ0n) is 8.15. The van der Waals surface area contributed by atoms with Gasteiger partial charge >= 0.3 is 0 Å². The van der Waals surface area contributed by atoms with Crippen molar-refractivity contribution in [3.63, 3.8) is 0 Å². The van der Waals surface area contributed by atoms with E-state index in [1.807, 2.05) is 0 Å². The normalized spacial score (nSPS) is 15.8. The first-order chi connectivity index (χ1) is 7.28. The summed E-state index contributed by atoms with van der Waals surface area (Å²) in [6.45, 7) is 0. The van der Waals surface area contributed by atoms with Gasteiger partial charge in [-0.05, 0) is 12.8 Å². The molecule has 0 atom stereocenters. The molecular weight excluding hydrogens is 214 g/mol. The highest BCUT2D eigenvalue weighted by molar-refractivity contribution is 6.16. The van der Waals surface area contributed by atoms with Gasteiger partial charge in [0.1, 0.15) is 0 Å². The second kappa shape index (κ2) is 4.44. The maximum absolute atomic E-state index is 5.64. The van der Waals surface area contributed by atoms with Gasteiger partial charge in [-0.2, -0.15) is 15.0 Å². The topological polar surface area (TPSA) is 76.7 Å². The lowest BCUT2D eigenvalue weighted by Crippen LogP contribution is -2.18. The summed E-state index contributed by atoms with van der Waals surface area (Å²) in [7, 11) is 0. The van der Waals surface area contributed by atoms with Crippen LogP contribution in [-0.4, -0.2) is 21.0 Å². The lowest BCUT2D eigenvalue weighted by Gasteiger charge is -2.12. The number of hydrogen-bond acceptors (Lipinski definition) is 5. The van der Waals surface area contributed by atoms with E-state index < -0.39 is 0 Å². The third kappa shape index (κ3) is 2.56. The van der Waals surface area contributed by atoms with Crippen LogP contribution >= 0.6 is 11.6 Å². The predicted octanol–water partition coefficient (Wildman–Crippen LogP) is 1.32. The van der Waals surface area contributed by atoms with Crippen molar-refractivity contribution in [2.75, 3.05) is 11.1 Å². The number of hydrogen-bond donors (Lipinski definition) is 2. The lowest BCUT2D eigenvalue weighted by atomic mass is 10.2. The molecule has 0 unspecified atom stereocenters. The number of rotatable bonds is 3. The average molecular weight is 226 g/mol. The van der Waals surface area contributed by atoms with Crippen molar-refractivity contribution in [2.45, 2.75) is 24.8 Å². The molecule has 0 saturated carbocycles. The Bertz CT molecular complexity index is 371. The van der Waals surface area contributed by atoms with E-state index in [1.165, 1.54) is 0 Å². The van der Waals surface area contributed by atoms with Gasteiger partial charge in [-0.1, -0.05) is 12.2 Å². The van der Waals surface area contributed by atoms with Crippen LogP contribution < -0.4 is 11.1 Å². The molecule has 1 aromatic rings. The Kier molecular flexibility index (Phi) is 3.01. The molecule has 6 heteroatoms. The Balaban J connectivity index is 2.09. The Morgan fingerprint density at radius 1 is 1.33 bits per heavy atom. The van der Waals surface area contributed by atoms with Crippen LogP contribution in [0.3, 0.4) is 0 Å². The minimum absolute atomic E-state index is 0.203. The van der Waals surface area contributed by atoms with E-state index in [-0.39, 0.29) is 11.8 Å². The van der Waals surface area contributed by atoms with Crippen molar-refractivity contribution in [3.05, 3.63) is 18.0 Å². The molecular formula is C9H12ClN5. The largest absolute Gasteiger partial charge is 0.368 e. The van der Waals surface area contributed by atoms with Crippen molar-refractivity contribution in [2.24, 2.45) is 0 Å². The fourth-order valence-corrected chi connectivity index (χ4v) is 1.60. The lowest BCUT2D eigenvalue weighted by molar-refractivity contribution is 0.768. The summed E-state index contributed by atoms with van der Waals surface area (Å²) in [6.07, 6.45) is 6.24. The molecule has 0 aliphatic heterocycles. The molecule has 1 aromatic heterocycles. The monoisotopic (exact) mass is 225 g/mol. The molecule has 1 aliphatic rings. The number of nitrogens with zero attached hydrogens (tertiary/aromatic N) is 3. The molecule has 3 N–H and O–H groups in total. The predicted molar refractivity (Wildman–Crippen MR) is 59.6 cm³/mol. The molecule has 0 bridgehead atoms. The molecule has 0 fully saturated rings. The van der Waals surface area contributed by atoms with Gasteiger partial charge in [0.25, 0.3) is 0 Å². The van der Waals surface area contributed by atoms with E-state index in [1.54, 1.807) is 0 Å². The molecule has 2 rings (SSSR count). The second-order valence-corrected chi connectivity index (χ2v) is 3.62. The number of nitrogens with two attached hydrogens (primary N) is 1. The molecule has 15 heavy (non-hydrogen) atoms.